The maximum Gasteiger partial charge on any atom is 0.256 e. The number of anilines is 1. The topological polar surface area (TPSA) is 124 Å². The number of hydrogen-bond donors (Lipinski definition) is 4. The molecule has 9 nitrogen and oxygen atoms in total. The lowest BCUT2D eigenvalue weighted by atomic mass is 10.0. The Labute approximate surface area is 188 Å². The Kier molecular flexibility index (Phi) is 6.94. The standard InChI is InChI=1S/C22H24F2N4O5/c1-10-16(8-13-19-15(27-21(13)31)6-5-14(23)20(19)24)26-11(2)18(10)22(32)25-9-12(29)7-17(30)28(3)33-4/h5-6,8,12,26,29H,7,9H2,1-4H3,(H,25,32)(H,27,31)/b13-8-. The number of aliphatic hydroxyl groups is 1. The van der Waals surface area contributed by atoms with Gasteiger partial charge >= 0.3 is 0 Å². The second-order valence-corrected chi connectivity index (χ2v) is 7.60. The van der Waals surface area contributed by atoms with E-state index in [9.17, 15) is 28.3 Å². The highest BCUT2D eigenvalue weighted by molar-refractivity contribution is 6.35. The number of halogens is 2. The van der Waals surface area contributed by atoms with Gasteiger partial charge in [-0.2, -0.15) is 0 Å². The fraction of sp³-hybridized carbons (Fsp3) is 0.318. The number of amides is 3. The molecule has 1 atom stereocenters. The second kappa shape index (κ2) is 9.51. The third kappa shape index (κ3) is 4.78. The van der Waals surface area contributed by atoms with Crippen molar-refractivity contribution >= 4 is 35.1 Å². The van der Waals surface area contributed by atoms with Crippen LogP contribution in [0.1, 0.15) is 39.3 Å². The second-order valence-electron chi connectivity index (χ2n) is 7.60. The van der Waals surface area contributed by atoms with E-state index in [1.54, 1.807) is 13.8 Å². The number of fused-ring (bicyclic) bond motifs is 1. The van der Waals surface area contributed by atoms with Gasteiger partial charge < -0.3 is 20.7 Å². The van der Waals surface area contributed by atoms with Gasteiger partial charge in [-0.15, -0.1) is 0 Å². The summed E-state index contributed by atoms with van der Waals surface area (Å²) in [6.45, 7) is 3.09. The van der Waals surface area contributed by atoms with E-state index in [-0.39, 0.29) is 35.4 Å². The zero-order chi connectivity index (χ0) is 24.4. The van der Waals surface area contributed by atoms with Crippen molar-refractivity contribution in [1.82, 2.24) is 15.4 Å². The van der Waals surface area contributed by atoms with Crippen LogP contribution in [0.5, 0.6) is 0 Å². The number of aromatic amines is 1. The molecule has 1 aliphatic heterocycles. The van der Waals surface area contributed by atoms with Crippen LogP contribution in [0.25, 0.3) is 11.6 Å². The number of aliphatic hydroxyl groups excluding tert-OH is 1. The van der Waals surface area contributed by atoms with Crippen molar-refractivity contribution in [2.75, 3.05) is 26.0 Å². The van der Waals surface area contributed by atoms with Crippen LogP contribution in [0.2, 0.25) is 0 Å². The van der Waals surface area contributed by atoms with Crippen LogP contribution in [0, 0.1) is 25.5 Å². The molecule has 1 aromatic carbocycles. The Morgan fingerprint density at radius 1 is 1.30 bits per heavy atom. The maximum absolute atomic E-state index is 14.3. The molecule has 0 fully saturated rings. The van der Waals surface area contributed by atoms with Crippen molar-refractivity contribution in [1.29, 1.82) is 0 Å². The summed E-state index contributed by atoms with van der Waals surface area (Å²) in [5.74, 6) is -3.78. The lowest BCUT2D eigenvalue weighted by Gasteiger charge is -2.16. The summed E-state index contributed by atoms with van der Waals surface area (Å²) in [5, 5.41) is 16.0. The SMILES string of the molecule is CON(C)C(=O)CC(O)CNC(=O)c1c(C)[nH]c(/C=C2\C(=O)Nc3ccc(F)c(F)c32)c1C. The summed E-state index contributed by atoms with van der Waals surface area (Å²) in [5.41, 5.74) is 1.50. The first-order valence-electron chi connectivity index (χ1n) is 10.0. The van der Waals surface area contributed by atoms with Crippen LogP contribution >= 0.6 is 0 Å². The Balaban J connectivity index is 1.80. The molecular formula is C22H24F2N4O5. The lowest BCUT2D eigenvalue weighted by molar-refractivity contribution is -0.170. The number of aryl methyl sites for hydroxylation is 1. The van der Waals surface area contributed by atoms with E-state index in [4.69, 9.17) is 4.84 Å². The number of hydrogen-bond acceptors (Lipinski definition) is 5. The molecule has 33 heavy (non-hydrogen) atoms. The van der Waals surface area contributed by atoms with E-state index in [1.165, 1.54) is 26.3 Å². The van der Waals surface area contributed by atoms with Gasteiger partial charge in [-0.25, -0.2) is 13.8 Å². The molecule has 176 valence electrons. The number of benzene rings is 1. The first kappa shape index (κ1) is 24.1. The van der Waals surface area contributed by atoms with Gasteiger partial charge in [0.05, 0.1) is 36.5 Å². The number of carbonyl (C=O) groups excluding carboxylic acids is 3. The quantitative estimate of drug-likeness (QED) is 0.370. The van der Waals surface area contributed by atoms with Gasteiger partial charge in [0.1, 0.15) is 0 Å². The van der Waals surface area contributed by atoms with Crippen molar-refractivity contribution < 1.29 is 33.1 Å². The minimum absolute atomic E-state index is 0.0745. The predicted octanol–water partition coefficient (Wildman–Crippen LogP) is 1.90. The number of nitrogens with one attached hydrogen (secondary N) is 3. The van der Waals surface area contributed by atoms with E-state index in [0.717, 1.165) is 11.1 Å². The van der Waals surface area contributed by atoms with E-state index >= 15 is 0 Å². The van der Waals surface area contributed by atoms with Crippen molar-refractivity contribution in [3.8, 4) is 0 Å². The highest BCUT2D eigenvalue weighted by atomic mass is 19.2. The summed E-state index contributed by atoms with van der Waals surface area (Å²) in [6.07, 6.45) is -0.0163. The van der Waals surface area contributed by atoms with Gasteiger partial charge in [-0.05, 0) is 37.6 Å². The molecule has 0 radical (unpaired) electrons. The zero-order valence-corrected chi connectivity index (χ0v) is 18.5. The third-order valence-corrected chi connectivity index (χ3v) is 5.38. The fourth-order valence-corrected chi connectivity index (χ4v) is 3.57. The molecule has 11 heteroatoms. The highest BCUT2D eigenvalue weighted by Gasteiger charge is 2.30. The molecular weight excluding hydrogens is 438 g/mol. The van der Waals surface area contributed by atoms with Gasteiger partial charge in [0, 0.05) is 30.5 Å². The molecule has 3 rings (SSSR count). The first-order chi connectivity index (χ1) is 15.5. The van der Waals surface area contributed by atoms with Gasteiger partial charge in [0.25, 0.3) is 11.8 Å². The van der Waals surface area contributed by atoms with Crippen LogP contribution in [0.3, 0.4) is 0 Å². The number of aromatic nitrogens is 1. The average molecular weight is 462 g/mol. The van der Waals surface area contributed by atoms with Crippen LogP contribution in [-0.2, 0) is 14.4 Å². The monoisotopic (exact) mass is 462 g/mol. The zero-order valence-electron chi connectivity index (χ0n) is 18.5. The third-order valence-electron chi connectivity index (χ3n) is 5.38. The first-order valence-corrected chi connectivity index (χ1v) is 10.0. The molecule has 0 aliphatic carbocycles. The van der Waals surface area contributed by atoms with Gasteiger partial charge in [0.2, 0.25) is 5.91 Å². The Bertz CT molecular complexity index is 1160. The fourth-order valence-electron chi connectivity index (χ4n) is 3.57. The van der Waals surface area contributed by atoms with Crippen LogP contribution < -0.4 is 10.6 Å². The summed E-state index contributed by atoms with van der Waals surface area (Å²) in [6, 6.07) is 2.21. The van der Waals surface area contributed by atoms with Crippen LogP contribution in [-0.4, -0.2) is 59.7 Å². The van der Waals surface area contributed by atoms with Gasteiger partial charge in [-0.1, -0.05) is 0 Å². The normalized spacial score (nSPS) is 14.8. The minimum Gasteiger partial charge on any atom is -0.391 e. The molecule has 2 aromatic rings. The molecule has 4 N–H and O–H groups in total. The van der Waals surface area contributed by atoms with Crippen molar-refractivity contribution in [3.05, 3.63) is 51.8 Å². The highest BCUT2D eigenvalue weighted by Crippen LogP contribution is 2.36. The molecule has 1 aliphatic rings. The number of carbonyl (C=O) groups is 3. The van der Waals surface area contributed by atoms with Crippen molar-refractivity contribution in [3.63, 3.8) is 0 Å². The smallest absolute Gasteiger partial charge is 0.256 e. The van der Waals surface area contributed by atoms with Crippen LogP contribution in [0.15, 0.2) is 12.1 Å². The van der Waals surface area contributed by atoms with Crippen molar-refractivity contribution in [2.45, 2.75) is 26.4 Å². The Morgan fingerprint density at radius 2 is 2.00 bits per heavy atom. The Morgan fingerprint density at radius 3 is 2.67 bits per heavy atom. The van der Waals surface area contributed by atoms with Crippen molar-refractivity contribution in [2.24, 2.45) is 0 Å². The molecule has 0 saturated carbocycles. The molecule has 2 heterocycles. The number of nitrogens with zero attached hydrogens (tertiary/aromatic N) is 1. The molecule has 0 spiro atoms. The summed E-state index contributed by atoms with van der Waals surface area (Å²) in [4.78, 5) is 44.5. The molecule has 0 saturated heterocycles. The van der Waals surface area contributed by atoms with Crippen LogP contribution in [0.4, 0.5) is 14.5 Å². The Hall–Kier alpha value is -3.57. The molecule has 1 unspecified atom stereocenters. The number of hydroxylamine groups is 2. The molecule has 3 amide bonds. The van der Waals surface area contributed by atoms with E-state index in [2.05, 4.69) is 15.6 Å². The van der Waals surface area contributed by atoms with E-state index < -0.39 is 35.5 Å². The summed E-state index contributed by atoms with van der Waals surface area (Å²) < 4.78 is 28.0. The molecule has 0 bridgehead atoms. The van der Waals surface area contributed by atoms with E-state index in [1.807, 2.05) is 0 Å². The van der Waals surface area contributed by atoms with Gasteiger partial charge in [0.15, 0.2) is 11.6 Å². The van der Waals surface area contributed by atoms with Gasteiger partial charge in [-0.3, -0.25) is 19.2 Å². The number of rotatable bonds is 7. The maximum atomic E-state index is 14.3. The average Bonchev–Trinajstić information content (AvgIpc) is 3.24. The summed E-state index contributed by atoms with van der Waals surface area (Å²) in [7, 11) is 2.72. The van der Waals surface area contributed by atoms with E-state index in [0.29, 0.717) is 17.0 Å². The molecule has 1 aromatic heterocycles. The lowest BCUT2D eigenvalue weighted by Crippen LogP contribution is -2.36. The minimum atomic E-state index is -1.14. The predicted molar refractivity (Wildman–Crippen MR) is 116 cm³/mol. The largest absolute Gasteiger partial charge is 0.391 e. The summed E-state index contributed by atoms with van der Waals surface area (Å²) >= 11 is 0. The number of H-pyrrole nitrogens is 1.